The van der Waals surface area contributed by atoms with E-state index >= 15 is 0 Å². The van der Waals surface area contributed by atoms with Crippen molar-refractivity contribution in [1.82, 2.24) is 10.2 Å². The molecule has 18 heavy (non-hydrogen) atoms. The zero-order valence-electron chi connectivity index (χ0n) is 11.2. The van der Waals surface area contributed by atoms with E-state index in [0.29, 0.717) is 6.04 Å². The number of nitrogens with zero attached hydrogens (tertiary/aromatic N) is 1. The molecule has 1 atom stereocenters. The molecule has 1 aliphatic rings. The number of benzene rings is 1. The highest BCUT2D eigenvalue weighted by Gasteiger charge is 2.21. The molecule has 0 amide bonds. The van der Waals surface area contributed by atoms with Crippen LogP contribution < -0.4 is 5.32 Å². The van der Waals surface area contributed by atoms with Gasteiger partial charge in [-0.1, -0.05) is 31.2 Å². The van der Waals surface area contributed by atoms with Gasteiger partial charge >= 0.3 is 0 Å². The van der Waals surface area contributed by atoms with Crippen LogP contribution in [0.4, 0.5) is 0 Å². The lowest BCUT2D eigenvalue weighted by Crippen LogP contribution is -2.45. The standard InChI is InChI=1S/C14H22N2.2ClH/c1-3-14(16-10-8-15-9-11-16)13-7-5-4-6-12(13)2;;/h4-7,14-15H,3,8-11H2,1-2H3;2*1H/t14-;;/m1../s1. The van der Waals surface area contributed by atoms with Crippen molar-refractivity contribution in [2.45, 2.75) is 26.3 Å². The van der Waals surface area contributed by atoms with Crippen molar-refractivity contribution in [2.24, 2.45) is 0 Å². The summed E-state index contributed by atoms with van der Waals surface area (Å²) in [6.07, 6.45) is 1.20. The van der Waals surface area contributed by atoms with E-state index in [1.165, 1.54) is 30.6 Å². The Hall–Kier alpha value is -0.280. The second-order valence-electron chi connectivity index (χ2n) is 4.57. The maximum absolute atomic E-state index is 3.42. The largest absolute Gasteiger partial charge is 0.314 e. The lowest BCUT2D eigenvalue weighted by atomic mass is 9.97. The number of piperazine rings is 1. The molecule has 1 aromatic carbocycles. The molecule has 1 fully saturated rings. The van der Waals surface area contributed by atoms with Crippen LogP contribution in [0.25, 0.3) is 0 Å². The molecule has 0 unspecified atom stereocenters. The third-order valence-corrected chi connectivity index (χ3v) is 3.53. The van der Waals surface area contributed by atoms with E-state index in [-0.39, 0.29) is 24.8 Å². The summed E-state index contributed by atoms with van der Waals surface area (Å²) in [5.74, 6) is 0. The quantitative estimate of drug-likeness (QED) is 0.920. The van der Waals surface area contributed by atoms with Gasteiger partial charge in [0.2, 0.25) is 0 Å². The maximum atomic E-state index is 3.42. The zero-order chi connectivity index (χ0) is 11.4. The third-order valence-electron chi connectivity index (χ3n) is 3.53. The number of nitrogens with one attached hydrogen (secondary N) is 1. The molecule has 0 saturated carbocycles. The Labute approximate surface area is 123 Å². The van der Waals surface area contributed by atoms with Crippen molar-refractivity contribution in [1.29, 1.82) is 0 Å². The van der Waals surface area contributed by atoms with Crippen molar-refractivity contribution in [2.75, 3.05) is 26.2 Å². The second kappa shape index (κ2) is 8.76. The Balaban J connectivity index is 0.00000144. The van der Waals surface area contributed by atoms with E-state index in [0.717, 1.165) is 13.1 Å². The van der Waals surface area contributed by atoms with Gasteiger partial charge in [-0.3, -0.25) is 4.90 Å². The molecule has 1 N–H and O–H groups in total. The number of halogens is 2. The summed E-state index contributed by atoms with van der Waals surface area (Å²) >= 11 is 0. The molecule has 0 aromatic heterocycles. The smallest absolute Gasteiger partial charge is 0.0349 e. The number of hydrogen-bond donors (Lipinski definition) is 1. The molecule has 104 valence electrons. The molecule has 2 rings (SSSR count). The second-order valence-corrected chi connectivity index (χ2v) is 4.57. The Morgan fingerprint density at radius 2 is 1.78 bits per heavy atom. The van der Waals surface area contributed by atoms with Gasteiger partial charge in [0.25, 0.3) is 0 Å². The van der Waals surface area contributed by atoms with E-state index < -0.39 is 0 Å². The monoisotopic (exact) mass is 290 g/mol. The maximum Gasteiger partial charge on any atom is 0.0349 e. The molecule has 0 radical (unpaired) electrons. The predicted octanol–water partition coefficient (Wildman–Crippen LogP) is 3.19. The highest BCUT2D eigenvalue weighted by Crippen LogP contribution is 2.26. The fraction of sp³-hybridized carbons (Fsp3) is 0.571. The van der Waals surface area contributed by atoms with Gasteiger partial charge in [-0.15, -0.1) is 24.8 Å². The first-order chi connectivity index (χ1) is 7.83. The number of rotatable bonds is 3. The Morgan fingerprint density at radius 3 is 2.33 bits per heavy atom. The summed E-state index contributed by atoms with van der Waals surface area (Å²) in [5.41, 5.74) is 2.93. The van der Waals surface area contributed by atoms with Crippen LogP contribution in [0.2, 0.25) is 0 Å². The Kier molecular flexibility index (Phi) is 8.62. The molecular weight excluding hydrogens is 267 g/mol. The van der Waals surface area contributed by atoms with Gasteiger partial charge in [0, 0.05) is 32.2 Å². The Morgan fingerprint density at radius 1 is 1.17 bits per heavy atom. The normalized spacial score (nSPS) is 17.4. The van der Waals surface area contributed by atoms with Crippen LogP contribution in [0.15, 0.2) is 24.3 Å². The lowest BCUT2D eigenvalue weighted by Gasteiger charge is -2.35. The van der Waals surface area contributed by atoms with Gasteiger partial charge in [-0.25, -0.2) is 0 Å². The first-order valence-electron chi connectivity index (χ1n) is 6.33. The van der Waals surface area contributed by atoms with E-state index in [1.54, 1.807) is 0 Å². The summed E-state index contributed by atoms with van der Waals surface area (Å²) in [4.78, 5) is 2.61. The minimum absolute atomic E-state index is 0. The third kappa shape index (κ3) is 4.13. The SMILES string of the molecule is CC[C@H](c1ccccc1C)N1CCNCC1.Cl.Cl. The van der Waals surface area contributed by atoms with Crippen molar-refractivity contribution >= 4 is 24.8 Å². The van der Waals surface area contributed by atoms with Crippen LogP contribution in [-0.2, 0) is 0 Å². The van der Waals surface area contributed by atoms with Gasteiger partial charge in [0.05, 0.1) is 0 Å². The summed E-state index contributed by atoms with van der Waals surface area (Å²) in [7, 11) is 0. The molecule has 0 aliphatic carbocycles. The summed E-state index contributed by atoms with van der Waals surface area (Å²) in [5, 5.41) is 3.42. The summed E-state index contributed by atoms with van der Waals surface area (Å²) in [6.45, 7) is 9.11. The first kappa shape index (κ1) is 17.7. The molecule has 1 aromatic rings. The lowest BCUT2D eigenvalue weighted by molar-refractivity contribution is 0.169. The first-order valence-corrected chi connectivity index (χ1v) is 6.33. The summed E-state index contributed by atoms with van der Waals surface area (Å²) < 4.78 is 0. The van der Waals surface area contributed by atoms with Gasteiger partial charge in [0.1, 0.15) is 0 Å². The number of aryl methyl sites for hydroxylation is 1. The van der Waals surface area contributed by atoms with E-state index in [9.17, 15) is 0 Å². The molecule has 4 heteroatoms. The van der Waals surface area contributed by atoms with E-state index in [4.69, 9.17) is 0 Å². The van der Waals surface area contributed by atoms with Crippen molar-refractivity contribution in [3.63, 3.8) is 0 Å². The van der Waals surface area contributed by atoms with Crippen molar-refractivity contribution in [3.8, 4) is 0 Å². The van der Waals surface area contributed by atoms with Crippen LogP contribution in [0, 0.1) is 6.92 Å². The van der Waals surface area contributed by atoms with Gasteiger partial charge in [-0.2, -0.15) is 0 Å². The molecule has 1 saturated heterocycles. The predicted molar refractivity (Wildman–Crippen MR) is 83.1 cm³/mol. The topological polar surface area (TPSA) is 15.3 Å². The highest BCUT2D eigenvalue weighted by molar-refractivity contribution is 5.85. The Bertz CT molecular complexity index is 338. The minimum atomic E-state index is 0. The zero-order valence-corrected chi connectivity index (χ0v) is 12.8. The minimum Gasteiger partial charge on any atom is -0.314 e. The van der Waals surface area contributed by atoms with Crippen LogP contribution in [0.5, 0.6) is 0 Å². The van der Waals surface area contributed by atoms with Crippen LogP contribution >= 0.6 is 24.8 Å². The van der Waals surface area contributed by atoms with Gasteiger partial charge in [-0.05, 0) is 24.5 Å². The van der Waals surface area contributed by atoms with Crippen molar-refractivity contribution < 1.29 is 0 Å². The fourth-order valence-electron chi connectivity index (χ4n) is 2.63. The van der Waals surface area contributed by atoms with Crippen LogP contribution in [0.1, 0.15) is 30.5 Å². The van der Waals surface area contributed by atoms with Gasteiger partial charge < -0.3 is 5.32 Å². The molecular formula is C14H24Cl2N2. The molecule has 1 aliphatic heterocycles. The number of hydrogen-bond acceptors (Lipinski definition) is 2. The van der Waals surface area contributed by atoms with E-state index in [2.05, 4.69) is 48.3 Å². The molecule has 0 spiro atoms. The molecule has 2 nitrogen and oxygen atoms in total. The van der Waals surface area contributed by atoms with Crippen LogP contribution in [-0.4, -0.2) is 31.1 Å². The van der Waals surface area contributed by atoms with E-state index in [1.807, 2.05) is 0 Å². The summed E-state index contributed by atoms with van der Waals surface area (Å²) in [6, 6.07) is 9.39. The van der Waals surface area contributed by atoms with Gasteiger partial charge in [0.15, 0.2) is 0 Å². The average molecular weight is 291 g/mol. The average Bonchev–Trinajstić information content (AvgIpc) is 2.34. The fourth-order valence-corrected chi connectivity index (χ4v) is 2.63. The van der Waals surface area contributed by atoms with Crippen molar-refractivity contribution in [3.05, 3.63) is 35.4 Å². The highest BCUT2D eigenvalue weighted by atomic mass is 35.5. The van der Waals surface area contributed by atoms with Crippen LogP contribution in [0.3, 0.4) is 0 Å². The molecule has 1 heterocycles. The molecule has 0 bridgehead atoms.